The largest absolute Gasteiger partial charge is 0.490 e. The minimum Gasteiger partial charge on any atom is -0.490 e. The lowest BCUT2D eigenvalue weighted by Gasteiger charge is -2.26. The van der Waals surface area contributed by atoms with E-state index in [1.165, 1.54) is 0 Å². The van der Waals surface area contributed by atoms with Crippen LogP contribution in [0.2, 0.25) is 0 Å². The highest BCUT2D eigenvalue weighted by Gasteiger charge is 2.19. The van der Waals surface area contributed by atoms with Crippen LogP contribution in [0, 0.1) is 0 Å². The third kappa shape index (κ3) is 4.09. The molecule has 21 heavy (non-hydrogen) atoms. The van der Waals surface area contributed by atoms with Gasteiger partial charge >= 0.3 is 0 Å². The van der Waals surface area contributed by atoms with Gasteiger partial charge in [0.15, 0.2) is 17.8 Å². The summed E-state index contributed by atoms with van der Waals surface area (Å²) in [4.78, 5) is 0. The van der Waals surface area contributed by atoms with Gasteiger partial charge in [0.2, 0.25) is 0 Å². The SMILES string of the molecule is COC(OC)C(C)NC(C)c1ccc2c(c1)OCCCO2. The van der Waals surface area contributed by atoms with Crippen LogP contribution in [0.4, 0.5) is 0 Å². The molecule has 1 aliphatic heterocycles. The fourth-order valence-corrected chi connectivity index (χ4v) is 2.52. The average molecular weight is 295 g/mol. The third-order valence-electron chi connectivity index (χ3n) is 3.66. The van der Waals surface area contributed by atoms with Crippen molar-refractivity contribution in [3.05, 3.63) is 23.8 Å². The lowest BCUT2D eigenvalue weighted by Crippen LogP contribution is -2.40. The van der Waals surface area contributed by atoms with Crippen molar-refractivity contribution in [1.82, 2.24) is 5.32 Å². The Bertz CT molecular complexity index is 448. The first-order valence-electron chi connectivity index (χ1n) is 7.37. The van der Waals surface area contributed by atoms with Gasteiger partial charge < -0.3 is 24.3 Å². The maximum Gasteiger partial charge on any atom is 0.171 e. The third-order valence-corrected chi connectivity index (χ3v) is 3.66. The standard InChI is InChI=1S/C16H25NO4/c1-11(17-12(2)16(18-3)19-4)13-6-7-14-15(10-13)21-9-5-8-20-14/h6-7,10-12,16-17H,5,8-9H2,1-4H3. The van der Waals surface area contributed by atoms with E-state index in [-0.39, 0.29) is 18.4 Å². The Morgan fingerprint density at radius 2 is 1.71 bits per heavy atom. The molecule has 0 bridgehead atoms. The van der Waals surface area contributed by atoms with E-state index in [0.29, 0.717) is 13.2 Å². The fraction of sp³-hybridized carbons (Fsp3) is 0.625. The van der Waals surface area contributed by atoms with Crippen LogP contribution < -0.4 is 14.8 Å². The Hall–Kier alpha value is -1.30. The van der Waals surface area contributed by atoms with Gasteiger partial charge in [0.05, 0.1) is 19.3 Å². The molecular formula is C16H25NO4. The lowest BCUT2D eigenvalue weighted by molar-refractivity contribution is -0.120. The van der Waals surface area contributed by atoms with Gasteiger partial charge in [0, 0.05) is 26.7 Å². The summed E-state index contributed by atoms with van der Waals surface area (Å²) in [6.45, 7) is 5.56. The highest BCUT2D eigenvalue weighted by Crippen LogP contribution is 2.32. The molecule has 2 atom stereocenters. The van der Waals surface area contributed by atoms with Gasteiger partial charge in [-0.3, -0.25) is 0 Å². The summed E-state index contributed by atoms with van der Waals surface area (Å²) in [6, 6.07) is 6.31. The number of hydrogen-bond donors (Lipinski definition) is 1. The van der Waals surface area contributed by atoms with Gasteiger partial charge in [-0.25, -0.2) is 0 Å². The molecule has 0 fully saturated rings. The van der Waals surface area contributed by atoms with Crippen molar-refractivity contribution in [2.45, 2.75) is 38.6 Å². The first kappa shape index (κ1) is 16.1. The summed E-state index contributed by atoms with van der Waals surface area (Å²) in [5.41, 5.74) is 1.15. The number of nitrogens with one attached hydrogen (secondary N) is 1. The van der Waals surface area contributed by atoms with Crippen LogP contribution in [0.15, 0.2) is 18.2 Å². The Morgan fingerprint density at radius 3 is 2.38 bits per heavy atom. The monoisotopic (exact) mass is 295 g/mol. The van der Waals surface area contributed by atoms with Crippen molar-refractivity contribution in [1.29, 1.82) is 0 Å². The van der Waals surface area contributed by atoms with Gasteiger partial charge in [0.1, 0.15) is 0 Å². The summed E-state index contributed by atoms with van der Waals surface area (Å²) >= 11 is 0. The second-order valence-corrected chi connectivity index (χ2v) is 5.27. The van der Waals surface area contributed by atoms with Crippen molar-refractivity contribution < 1.29 is 18.9 Å². The van der Waals surface area contributed by atoms with Crippen LogP contribution in [-0.2, 0) is 9.47 Å². The molecule has 5 nitrogen and oxygen atoms in total. The average Bonchev–Trinajstić information content (AvgIpc) is 2.72. The van der Waals surface area contributed by atoms with E-state index >= 15 is 0 Å². The zero-order valence-electron chi connectivity index (χ0n) is 13.2. The molecule has 1 aromatic rings. The van der Waals surface area contributed by atoms with Crippen molar-refractivity contribution in [3.8, 4) is 11.5 Å². The van der Waals surface area contributed by atoms with Crippen LogP contribution in [-0.4, -0.2) is 39.8 Å². The molecule has 0 aromatic heterocycles. The van der Waals surface area contributed by atoms with Gasteiger partial charge in [-0.05, 0) is 31.5 Å². The lowest BCUT2D eigenvalue weighted by atomic mass is 10.1. The molecule has 0 saturated heterocycles. The summed E-state index contributed by atoms with van der Waals surface area (Å²) < 4.78 is 21.9. The van der Waals surface area contributed by atoms with Crippen molar-refractivity contribution in [3.63, 3.8) is 0 Å². The van der Waals surface area contributed by atoms with E-state index < -0.39 is 0 Å². The topological polar surface area (TPSA) is 49.0 Å². The summed E-state index contributed by atoms with van der Waals surface area (Å²) in [7, 11) is 3.29. The zero-order valence-corrected chi connectivity index (χ0v) is 13.2. The minimum absolute atomic E-state index is 0.0750. The Morgan fingerprint density at radius 1 is 1.05 bits per heavy atom. The van der Waals surface area contributed by atoms with Crippen LogP contribution >= 0.6 is 0 Å². The highest BCUT2D eigenvalue weighted by atomic mass is 16.7. The number of ether oxygens (including phenoxy) is 4. The fourth-order valence-electron chi connectivity index (χ4n) is 2.52. The molecule has 2 rings (SSSR count). The van der Waals surface area contributed by atoms with E-state index in [1.807, 2.05) is 19.1 Å². The number of methoxy groups -OCH3 is 2. The van der Waals surface area contributed by atoms with E-state index in [9.17, 15) is 0 Å². The first-order chi connectivity index (χ1) is 10.2. The normalized spacial score (nSPS) is 17.4. The Labute approximate surface area is 126 Å². The van der Waals surface area contributed by atoms with E-state index in [1.54, 1.807) is 14.2 Å². The predicted octanol–water partition coefficient (Wildman–Crippen LogP) is 2.51. The molecule has 1 heterocycles. The molecule has 0 amide bonds. The molecule has 1 N–H and O–H groups in total. The molecular weight excluding hydrogens is 270 g/mol. The van der Waals surface area contributed by atoms with Gasteiger partial charge in [0.25, 0.3) is 0 Å². The number of rotatable bonds is 6. The summed E-state index contributed by atoms with van der Waals surface area (Å²) in [6.07, 6.45) is 0.644. The van der Waals surface area contributed by atoms with Crippen molar-refractivity contribution >= 4 is 0 Å². The van der Waals surface area contributed by atoms with E-state index in [0.717, 1.165) is 23.5 Å². The molecule has 2 unspecified atom stereocenters. The minimum atomic E-state index is -0.270. The zero-order chi connectivity index (χ0) is 15.2. The highest BCUT2D eigenvalue weighted by molar-refractivity contribution is 5.44. The van der Waals surface area contributed by atoms with Gasteiger partial charge in [-0.1, -0.05) is 6.07 Å². The molecule has 1 aromatic carbocycles. The first-order valence-corrected chi connectivity index (χ1v) is 7.37. The van der Waals surface area contributed by atoms with Crippen LogP contribution in [0.25, 0.3) is 0 Å². The number of fused-ring (bicyclic) bond motifs is 1. The number of benzene rings is 1. The smallest absolute Gasteiger partial charge is 0.171 e. The Balaban J connectivity index is 2.05. The predicted molar refractivity (Wildman–Crippen MR) is 80.9 cm³/mol. The summed E-state index contributed by atoms with van der Waals surface area (Å²) in [5, 5.41) is 3.47. The van der Waals surface area contributed by atoms with Crippen molar-refractivity contribution in [2.75, 3.05) is 27.4 Å². The maximum atomic E-state index is 5.73. The molecule has 5 heteroatoms. The van der Waals surface area contributed by atoms with Gasteiger partial charge in [-0.2, -0.15) is 0 Å². The second kappa shape index (κ2) is 7.64. The molecule has 0 spiro atoms. The molecule has 0 aliphatic carbocycles. The quantitative estimate of drug-likeness (QED) is 0.817. The van der Waals surface area contributed by atoms with Gasteiger partial charge in [-0.15, -0.1) is 0 Å². The number of hydrogen-bond acceptors (Lipinski definition) is 5. The van der Waals surface area contributed by atoms with E-state index in [2.05, 4.69) is 18.3 Å². The van der Waals surface area contributed by atoms with Crippen LogP contribution in [0.3, 0.4) is 0 Å². The summed E-state index contributed by atoms with van der Waals surface area (Å²) in [5.74, 6) is 1.64. The molecule has 1 aliphatic rings. The molecule has 0 radical (unpaired) electrons. The Kier molecular flexibility index (Phi) is 5.85. The van der Waals surface area contributed by atoms with E-state index in [4.69, 9.17) is 18.9 Å². The van der Waals surface area contributed by atoms with Crippen LogP contribution in [0.1, 0.15) is 31.9 Å². The molecule has 0 saturated carbocycles. The van der Waals surface area contributed by atoms with Crippen LogP contribution in [0.5, 0.6) is 11.5 Å². The second-order valence-electron chi connectivity index (χ2n) is 5.27. The maximum absolute atomic E-state index is 5.73. The molecule has 118 valence electrons. The van der Waals surface area contributed by atoms with Crippen molar-refractivity contribution in [2.24, 2.45) is 0 Å².